The SMILES string of the molecule is CC(C)(C(=O)NCC1CC1)n1cc(N)cn1. The predicted molar refractivity (Wildman–Crippen MR) is 61.7 cm³/mol. The second-order valence-electron chi connectivity index (χ2n) is 4.93. The monoisotopic (exact) mass is 222 g/mol. The maximum atomic E-state index is 12.0. The summed E-state index contributed by atoms with van der Waals surface area (Å²) in [5.41, 5.74) is 5.48. The molecule has 3 N–H and O–H groups in total. The molecule has 1 amide bonds. The fourth-order valence-electron chi connectivity index (χ4n) is 1.52. The Morgan fingerprint density at radius 1 is 1.69 bits per heavy atom. The molecular formula is C11H18N4O. The Morgan fingerprint density at radius 2 is 2.38 bits per heavy atom. The molecule has 0 unspecified atom stereocenters. The van der Waals surface area contributed by atoms with E-state index in [9.17, 15) is 4.79 Å². The van der Waals surface area contributed by atoms with E-state index in [1.54, 1.807) is 17.1 Å². The van der Waals surface area contributed by atoms with Crippen LogP contribution in [-0.2, 0) is 10.3 Å². The first-order chi connectivity index (χ1) is 7.50. The van der Waals surface area contributed by atoms with E-state index in [2.05, 4.69) is 10.4 Å². The molecule has 16 heavy (non-hydrogen) atoms. The van der Waals surface area contributed by atoms with Gasteiger partial charge in [0, 0.05) is 12.7 Å². The number of anilines is 1. The van der Waals surface area contributed by atoms with E-state index in [-0.39, 0.29) is 5.91 Å². The van der Waals surface area contributed by atoms with Crippen molar-refractivity contribution < 1.29 is 4.79 Å². The summed E-state index contributed by atoms with van der Waals surface area (Å²) < 4.78 is 1.60. The van der Waals surface area contributed by atoms with E-state index < -0.39 is 5.54 Å². The van der Waals surface area contributed by atoms with Crippen molar-refractivity contribution in [2.45, 2.75) is 32.2 Å². The molecule has 0 atom stereocenters. The minimum atomic E-state index is -0.688. The molecule has 0 spiro atoms. The second kappa shape index (κ2) is 3.81. The summed E-state index contributed by atoms with van der Waals surface area (Å²) >= 11 is 0. The number of hydrogen-bond acceptors (Lipinski definition) is 3. The van der Waals surface area contributed by atoms with Gasteiger partial charge in [-0.3, -0.25) is 9.48 Å². The van der Waals surface area contributed by atoms with Crippen molar-refractivity contribution in [2.75, 3.05) is 12.3 Å². The molecule has 1 aliphatic rings. The molecule has 0 radical (unpaired) electrons. The van der Waals surface area contributed by atoms with Crippen molar-refractivity contribution in [3.63, 3.8) is 0 Å². The fourth-order valence-corrected chi connectivity index (χ4v) is 1.52. The summed E-state index contributed by atoms with van der Waals surface area (Å²) in [6, 6.07) is 0. The van der Waals surface area contributed by atoms with Gasteiger partial charge in [-0.05, 0) is 32.6 Å². The molecule has 0 saturated heterocycles. The number of nitrogens with one attached hydrogen (secondary N) is 1. The summed E-state index contributed by atoms with van der Waals surface area (Å²) in [6.07, 6.45) is 5.69. The number of rotatable bonds is 4. The van der Waals surface area contributed by atoms with Crippen molar-refractivity contribution in [3.8, 4) is 0 Å². The standard InChI is InChI=1S/C11H18N4O/c1-11(2,15-7-9(12)6-14-15)10(16)13-5-8-3-4-8/h6-8H,3-5,12H2,1-2H3,(H,13,16). The number of hydrogen-bond donors (Lipinski definition) is 2. The van der Waals surface area contributed by atoms with Gasteiger partial charge in [-0.15, -0.1) is 0 Å². The minimum Gasteiger partial charge on any atom is -0.396 e. The molecule has 1 heterocycles. The van der Waals surface area contributed by atoms with Crippen LogP contribution < -0.4 is 11.1 Å². The Hall–Kier alpha value is -1.52. The van der Waals surface area contributed by atoms with E-state index in [4.69, 9.17) is 5.73 Å². The predicted octanol–water partition coefficient (Wildman–Crippen LogP) is 0.727. The van der Waals surface area contributed by atoms with Gasteiger partial charge < -0.3 is 11.1 Å². The van der Waals surface area contributed by atoms with E-state index >= 15 is 0 Å². The topological polar surface area (TPSA) is 72.9 Å². The molecular weight excluding hydrogens is 204 g/mol. The molecule has 1 aliphatic carbocycles. The highest BCUT2D eigenvalue weighted by atomic mass is 16.2. The number of amides is 1. The summed E-state index contributed by atoms with van der Waals surface area (Å²) in [6.45, 7) is 4.45. The third kappa shape index (κ3) is 2.18. The quantitative estimate of drug-likeness (QED) is 0.788. The molecule has 1 fully saturated rings. The van der Waals surface area contributed by atoms with Gasteiger partial charge >= 0.3 is 0 Å². The third-order valence-electron chi connectivity index (χ3n) is 2.98. The average Bonchev–Trinajstić information content (AvgIpc) is 2.95. The van der Waals surface area contributed by atoms with E-state index in [0.717, 1.165) is 6.54 Å². The van der Waals surface area contributed by atoms with Crippen molar-refractivity contribution in [2.24, 2.45) is 5.92 Å². The van der Waals surface area contributed by atoms with Crippen LogP contribution in [0.1, 0.15) is 26.7 Å². The molecule has 1 aromatic rings. The van der Waals surface area contributed by atoms with Gasteiger partial charge in [-0.1, -0.05) is 0 Å². The number of carbonyl (C=O) groups is 1. The lowest BCUT2D eigenvalue weighted by Crippen LogP contribution is -2.45. The molecule has 1 aromatic heterocycles. The van der Waals surface area contributed by atoms with Crippen LogP contribution in [0.3, 0.4) is 0 Å². The lowest BCUT2D eigenvalue weighted by atomic mass is 10.1. The zero-order valence-corrected chi connectivity index (χ0v) is 9.73. The Balaban J connectivity index is 2.01. The Labute approximate surface area is 95.0 Å². The first kappa shape index (κ1) is 11.0. The van der Waals surface area contributed by atoms with Crippen LogP contribution in [0.2, 0.25) is 0 Å². The average molecular weight is 222 g/mol. The van der Waals surface area contributed by atoms with Crippen LogP contribution in [-0.4, -0.2) is 22.2 Å². The maximum absolute atomic E-state index is 12.0. The van der Waals surface area contributed by atoms with Crippen molar-refractivity contribution in [1.29, 1.82) is 0 Å². The zero-order valence-electron chi connectivity index (χ0n) is 9.73. The van der Waals surface area contributed by atoms with Gasteiger partial charge in [0.2, 0.25) is 5.91 Å². The smallest absolute Gasteiger partial charge is 0.247 e. The molecule has 5 nitrogen and oxygen atoms in total. The van der Waals surface area contributed by atoms with Gasteiger partial charge in [0.15, 0.2) is 0 Å². The number of nitrogens with zero attached hydrogens (tertiary/aromatic N) is 2. The van der Waals surface area contributed by atoms with Crippen molar-refractivity contribution in [1.82, 2.24) is 15.1 Å². The number of nitrogens with two attached hydrogens (primary N) is 1. The summed E-state index contributed by atoms with van der Waals surface area (Å²) in [4.78, 5) is 12.0. The minimum absolute atomic E-state index is 0.0116. The number of carbonyl (C=O) groups excluding carboxylic acids is 1. The van der Waals surface area contributed by atoms with Crippen LogP contribution >= 0.6 is 0 Å². The normalized spacial score (nSPS) is 16.1. The summed E-state index contributed by atoms with van der Waals surface area (Å²) in [7, 11) is 0. The van der Waals surface area contributed by atoms with Gasteiger partial charge in [0.1, 0.15) is 5.54 Å². The Morgan fingerprint density at radius 3 is 2.88 bits per heavy atom. The van der Waals surface area contributed by atoms with E-state index in [0.29, 0.717) is 11.6 Å². The van der Waals surface area contributed by atoms with Gasteiger partial charge in [-0.2, -0.15) is 5.10 Å². The highest BCUT2D eigenvalue weighted by molar-refractivity contribution is 5.83. The number of aromatic nitrogens is 2. The zero-order chi connectivity index (χ0) is 11.8. The van der Waals surface area contributed by atoms with Crippen LogP contribution in [0.4, 0.5) is 5.69 Å². The summed E-state index contributed by atoms with van der Waals surface area (Å²) in [5, 5.41) is 7.03. The van der Waals surface area contributed by atoms with Crippen LogP contribution in [0.5, 0.6) is 0 Å². The van der Waals surface area contributed by atoms with Crippen LogP contribution in [0.25, 0.3) is 0 Å². The van der Waals surface area contributed by atoms with Crippen LogP contribution in [0.15, 0.2) is 12.4 Å². The highest BCUT2D eigenvalue weighted by Crippen LogP contribution is 2.28. The Kier molecular flexibility index (Phi) is 2.61. The lowest BCUT2D eigenvalue weighted by Gasteiger charge is -2.24. The lowest BCUT2D eigenvalue weighted by molar-refractivity contribution is -0.128. The number of nitrogen functional groups attached to an aromatic ring is 1. The molecule has 2 rings (SSSR count). The van der Waals surface area contributed by atoms with Gasteiger partial charge in [0.25, 0.3) is 0 Å². The first-order valence-electron chi connectivity index (χ1n) is 5.59. The first-order valence-corrected chi connectivity index (χ1v) is 5.59. The molecule has 0 aromatic carbocycles. The van der Waals surface area contributed by atoms with E-state index in [1.807, 2.05) is 13.8 Å². The largest absolute Gasteiger partial charge is 0.396 e. The molecule has 5 heteroatoms. The molecule has 0 bridgehead atoms. The highest BCUT2D eigenvalue weighted by Gasteiger charge is 2.32. The summed E-state index contributed by atoms with van der Waals surface area (Å²) in [5.74, 6) is 0.671. The Bertz CT molecular complexity index is 392. The maximum Gasteiger partial charge on any atom is 0.247 e. The van der Waals surface area contributed by atoms with Gasteiger partial charge in [0.05, 0.1) is 11.9 Å². The van der Waals surface area contributed by atoms with Crippen molar-refractivity contribution in [3.05, 3.63) is 12.4 Å². The molecule has 88 valence electrons. The third-order valence-corrected chi connectivity index (χ3v) is 2.98. The molecule has 0 aliphatic heterocycles. The van der Waals surface area contributed by atoms with Crippen molar-refractivity contribution >= 4 is 11.6 Å². The second-order valence-corrected chi connectivity index (χ2v) is 4.93. The fraction of sp³-hybridized carbons (Fsp3) is 0.636. The van der Waals surface area contributed by atoms with Crippen LogP contribution in [0, 0.1) is 5.92 Å². The van der Waals surface area contributed by atoms with Gasteiger partial charge in [-0.25, -0.2) is 0 Å². The van der Waals surface area contributed by atoms with E-state index in [1.165, 1.54) is 12.8 Å². The molecule has 1 saturated carbocycles.